The van der Waals surface area contributed by atoms with Crippen molar-refractivity contribution in [1.29, 1.82) is 0 Å². The molecule has 1 N–H and O–H groups in total. The molecule has 2 aromatic rings. The van der Waals surface area contributed by atoms with Gasteiger partial charge in [0.15, 0.2) is 11.5 Å². The van der Waals surface area contributed by atoms with E-state index in [0.29, 0.717) is 16.4 Å². The van der Waals surface area contributed by atoms with Gasteiger partial charge in [0.25, 0.3) is 0 Å². The summed E-state index contributed by atoms with van der Waals surface area (Å²) in [5, 5.41) is 10.6. The number of phenolic OH excluding ortho intramolecular Hbond substituents is 1. The van der Waals surface area contributed by atoms with Crippen LogP contribution in [0.3, 0.4) is 0 Å². The predicted octanol–water partition coefficient (Wildman–Crippen LogP) is 5.65. The molecule has 7 heteroatoms. The summed E-state index contributed by atoms with van der Waals surface area (Å²) >= 11 is 0. The molecule has 0 fully saturated rings. The zero-order valence-corrected chi connectivity index (χ0v) is 18.1. The Hall–Kier alpha value is -2.14. The highest BCUT2D eigenvalue weighted by atomic mass is 31.2. The highest BCUT2D eigenvalue weighted by molar-refractivity contribution is 7.65. The van der Waals surface area contributed by atoms with E-state index in [1.54, 1.807) is 71.3 Å². The average Bonchev–Trinajstić information content (AvgIpc) is 2.61. The zero-order valence-electron chi connectivity index (χ0n) is 17.2. The molecule has 0 saturated heterocycles. The molecule has 0 saturated carbocycles. The number of hydrogen-bond donors (Lipinski definition) is 1. The van der Waals surface area contributed by atoms with Gasteiger partial charge in [0.05, 0.1) is 24.6 Å². The van der Waals surface area contributed by atoms with Crippen LogP contribution in [0.5, 0.6) is 11.5 Å². The lowest BCUT2D eigenvalue weighted by Crippen LogP contribution is -2.09. The number of benzene rings is 1. The molecular formula is C21H28NO5P. The van der Waals surface area contributed by atoms with Gasteiger partial charge in [-0.05, 0) is 75.6 Å². The number of aromatic hydroxyl groups is 1. The Morgan fingerprint density at radius 2 is 1.82 bits per heavy atom. The molecule has 0 aliphatic carbocycles. The summed E-state index contributed by atoms with van der Waals surface area (Å²) in [6, 6.07) is 7.01. The van der Waals surface area contributed by atoms with Crippen molar-refractivity contribution >= 4 is 19.0 Å². The molecule has 0 spiro atoms. The maximum atomic E-state index is 13.9. The van der Waals surface area contributed by atoms with Gasteiger partial charge in [-0.2, -0.15) is 0 Å². The number of nitrogens with zero attached hydrogens (tertiary/aromatic N) is 1. The van der Waals surface area contributed by atoms with Crippen LogP contribution in [0, 0.1) is 6.92 Å². The number of methoxy groups -OCH3 is 1. The summed E-state index contributed by atoms with van der Waals surface area (Å²) in [6.07, 6.45) is 4.44. The first-order valence-corrected chi connectivity index (χ1v) is 10.7. The van der Waals surface area contributed by atoms with Gasteiger partial charge in [-0.3, -0.25) is 9.55 Å². The summed E-state index contributed by atoms with van der Waals surface area (Å²) in [5.74, 6) is 0.323. The monoisotopic (exact) mass is 405 g/mol. The molecule has 152 valence electrons. The van der Waals surface area contributed by atoms with Crippen LogP contribution in [0.4, 0.5) is 0 Å². The fraction of sp³-hybridized carbons (Fsp3) is 0.381. The zero-order chi connectivity index (χ0) is 20.9. The first-order chi connectivity index (χ1) is 13.2. The Kier molecular flexibility index (Phi) is 7.41. The summed E-state index contributed by atoms with van der Waals surface area (Å²) < 4.78 is 30.8. The third-order valence-corrected chi connectivity index (χ3v) is 6.14. The van der Waals surface area contributed by atoms with Crippen LogP contribution in [0.1, 0.15) is 44.4 Å². The molecule has 1 heterocycles. The van der Waals surface area contributed by atoms with Gasteiger partial charge in [0.2, 0.25) is 0 Å². The van der Waals surface area contributed by atoms with E-state index in [1.165, 1.54) is 7.11 Å². The van der Waals surface area contributed by atoms with Crippen molar-refractivity contribution in [3.8, 4) is 11.5 Å². The number of aryl methyl sites for hydroxylation is 1. The lowest BCUT2D eigenvalue weighted by molar-refractivity contribution is 0.151. The first-order valence-electron chi connectivity index (χ1n) is 9.13. The largest absolute Gasteiger partial charge is 0.504 e. The SMILES string of the molecule is COc1cc(/C(=C\c2cccnc2)P(=O)(OC(C)C)OC(C)C)cc(C)c1O. The predicted molar refractivity (Wildman–Crippen MR) is 112 cm³/mol. The third-order valence-electron chi connectivity index (χ3n) is 3.76. The van der Waals surface area contributed by atoms with Gasteiger partial charge in [0.1, 0.15) is 0 Å². The summed E-state index contributed by atoms with van der Waals surface area (Å²) in [5.41, 5.74) is 1.93. The van der Waals surface area contributed by atoms with Crippen molar-refractivity contribution in [2.75, 3.05) is 7.11 Å². The normalized spacial score (nSPS) is 12.6. The number of hydrogen-bond acceptors (Lipinski definition) is 6. The van der Waals surface area contributed by atoms with E-state index in [0.717, 1.165) is 5.56 Å². The molecular weight excluding hydrogens is 377 g/mol. The Balaban J connectivity index is 2.75. The molecule has 28 heavy (non-hydrogen) atoms. The van der Waals surface area contributed by atoms with Crippen LogP contribution in [0.2, 0.25) is 0 Å². The second-order valence-corrected chi connectivity index (χ2v) is 8.86. The van der Waals surface area contributed by atoms with E-state index >= 15 is 0 Å². The lowest BCUT2D eigenvalue weighted by Gasteiger charge is -2.26. The van der Waals surface area contributed by atoms with E-state index < -0.39 is 7.60 Å². The van der Waals surface area contributed by atoms with Crippen molar-refractivity contribution < 1.29 is 23.5 Å². The Morgan fingerprint density at radius 1 is 1.18 bits per heavy atom. The molecule has 2 rings (SSSR count). The smallest absolute Gasteiger partial charge is 0.362 e. The fourth-order valence-corrected chi connectivity index (χ4v) is 4.82. The van der Waals surface area contributed by atoms with Crippen LogP contribution < -0.4 is 4.74 Å². The standard InChI is InChI=1S/C21H28NO5P/c1-14(2)26-28(24,27-15(3)4)20(11-17-8-7-9-22-13-17)18-10-16(5)21(23)19(12-18)25-6/h7-15,23H,1-6H3/b20-11+. The molecule has 0 radical (unpaired) electrons. The maximum Gasteiger partial charge on any atom is 0.362 e. The van der Waals surface area contributed by atoms with Crippen LogP contribution in [0.15, 0.2) is 36.7 Å². The van der Waals surface area contributed by atoms with E-state index in [9.17, 15) is 9.67 Å². The number of phenols is 1. The minimum Gasteiger partial charge on any atom is -0.504 e. The molecule has 0 atom stereocenters. The second kappa shape index (κ2) is 9.37. The molecule has 0 aliphatic heterocycles. The van der Waals surface area contributed by atoms with Crippen molar-refractivity contribution in [1.82, 2.24) is 4.98 Å². The van der Waals surface area contributed by atoms with Crippen LogP contribution in [-0.4, -0.2) is 29.4 Å². The van der Waals surface area contributed by atoms with Crippen molar-refractivity contribution in [2.45, 2.75) is 46.8 Å². The van der Waals surface area contributed by atoms with Gasteiger partial charge < -0.3 is 18.9 Å². The van der Waals surface area contributed by atoms with Crippen LogP contribution in [0.25, 0.3) is 11.4 Å². The second-order valence-electron chi connectivity index (χ2n) is 6.97. The maximum absolute atomic E-state index is 13.9. The number of pyridine rings is 1. The molecule has 0 unspecified atom stereocenters. The highest BCUT2D eigenvalue weighted by Gasteiger charge is 2.34. The van der Waals surface area contributed by atoms with Gasteiger partial charge in [0, 0.05) is 12.4 Å². The first kappa shape index (κ1) is 22.2. The fourth-order valence-electron chi connectivity index (χ4n) is 2.68. The summed E-state index contributed by atoms with van der Waals surface area (Å²) in [6.45, 7) is 8.98. The van der Waals surface area contributed by atoms with Gasteiger partial charge in [-0.25, -0.2) is 0 Å². The van der Waals surface area contributed by atoms with Gasteiger partial charge in [-0.15, -0.1) is 0 Å². The lowest BCUT2D eigenvalue weighted by atomic mass is 10.1. The molecule has 1 aromatic carbocycles. The summed E-state index contributed by atoms with van der Waals surface area (Å²) in [4.78, 5) is 4.12. The Labute approximate surface area is 166 Å². The minimum atomic E-state index is -3.70. The molecule has 0 amide bonds. The number of rotatable bonds is 8. The van der Waals surface area contributed by atoms with Crippen molar-refractivity contribution in [3.63, 3.8) is 0 Å². The van der Waals surface area contributed by atoms with Crippen LogP contribution in [-0.2, 0) is 13.6 Å². The topological polar surface area (TPSA) is 77.9 Å². The van der Waals surface area contributed by atoms with Gasteiger partial charge in [-0.1, -0.05) is 6.07 Å². The van der Waals surface area contributed by atoms with Crippen LogP contribution >= 0.6 is 7.60 Å². The van der Waals surface area contributed by atoms with Crippen molar-refractivity contribution in [3.05, 3.63) is 53.3 Å². The van der Waals surface area contributed by atoms with Gasteiger partial charge >= 0.3 is 7.60 Å². The quantitative estimate of drug-likeness (QED) is 0.572. The summed E-state index contributed by atoms with van der Waals surface area (Å²) in [7, 11) is -2.23. The van der Waals surface area contributed by atoms with E-state index in [2.05, 4.69) is 4.98 Å². The minimum absolute atomic E-state index is 0.0383. The Morgan fingerprint density at radius 3 is 2.32 bits per heavy atom. The molecule has 1 aromatic heterocycles. The van der Waals surface area contributed by atoms with E-state index in [-0.39, 0.29) is 23.7 Å². The molecule has 0 bridgehead atoms. The average molecular weight is 405 g/mol. The third kappa shape index (κ3) is 5.44. The van der Waals surface area contributed by atoms with E-state index in [4.69, 9.17) is 13.8 Å². The number of ether oxygens (including phenoxy) is 1. The van der Waals surface area contributed by atoms with E-state index in [1.807, 2.05) is 6.07 Å². The Bertz CT molecular complexity index is 864. The molecule has 0 aliphatic rings. The number of aromatic nitrogens is 1. The molecule has 6 nitrogen and oxygen atoms in total. The van der Waals surface area contributed by atoms with Crippen molar-refractivity contribution in [2.24, 2.45) is 0 Å². The highest BCUT2D eigenvalue weighted by Crippen LogP contribution is 2.63.